The number of quaternary nitrogens is 1. The van der Waals surface area contributed by atoms with E-state index in [0.29, 0.717) is 37.4 Å². The molecular weight excluding hydrogens is 379 g/mol. The second-order valence-corrected chi connectivity index (χ2v) is 7.04. The molecule has 9 heteroatoms. The number of amides is 2. The number of nitrogens with one attached hydrogen (secondary N) is 2. The Morgan fingerprint density at radius 1 is 1.21 bits per heavy atom. The predicted octanol–water partition coefficient (Wildman–Crippen LogP) is 1.02. The van der Waals surface area contributed by atoms with Crippen molar-refractivity contribution in [2.45, 2.75) is 6.92 Å². The van der Waals surface area contributed by atoms with Crippen molar-refractivity contribution in [3.8, 4) is 0 Å². The monoisotopic (exact) mass is 401 g/mol. The lowest BCUT2D eigenvalue weighted by Crippen LogP contribution is -3.15. The zero-order chi connectivity index (χ0) is 21.0. The molecule has 0 radical (unpaired) electrons. The number of hydrogen-bond acceptors (Lipinski definition) is 4. The average molecular weight is 401 g/mol. The Morgan fingerprint density at radius 3 is 2.59 bits per heavy atom. The van der Waals surface area contributed by atoms with Crippen LogP contribution in [0.1, 0.15) is 15.9 Å². The fourth-order valence-corrected chi connectivity index (χ4v) is 3.32. The molecule has 0 atom stereocenters. The molecule has 1 aliphatic rings. The molecule has 0 bridgehead atoms. The van der Waals surface area contributed by atoms with E-state index in [4.69, 9.17) is 0 Å². The van der Waals surface area contributed by atoms with Crippen molar-refractivity contribution in [1.29, 1.82) is 0 Å². The van der Waals surface area contributed by atoms with Crippen LogP contribution in [0.4, 0.5) is 15.8 Å². The van der Waals surface area contributed by atoms with Gasteiger partial charge in [-0.2, -0.15) is 0 Å². The highest BCUT2D eigenvalue weighted by molar-refractivity contribution is 5.95. The highest BCUT2D eigenvalue weighted by Crippen LogP contribution is 2.20. The second kappa shape index (κ2) is 8.78. The fourth-order valence-electron chi connectivity index (χ4n) is 3.32. The van der Waals surface area contributed by atoms with Gasteiger partial charge in [0.1, 0.15) is 5.82 Å². The third-order valence-electron chi connectivity index (χ3n) is 4.93. The van der Waals surface area contributed by atoms with Gasteiger partial charge in [-0.05, 0) is 31.2 Å². The molecule has 0 spiro atoms. The number of carbonyl (C=O) groups excluding carboxylic acids is 2. The van der Waals surface area contributed by atoms with Gasteiger partial charge in [-0.3, -0.25) is 19.7 Å². The van der Waals surface area contributed by atoms with Crippen LogP contribution in [0.25, 0.3) is 0 Å². The average Bonchev–Trinajstić information content (AvgIpc) is 2.68. The Hall–Kier alpha value is -3.33. The van der Waals surface area contributed by atoms with Crippen molar-refractivity contribution in [3.63, 3.8) is 0 Å². The van der Waals surface area contributed by atoms with Crippen LogP contribution in [0, 0.1) is 22.9 Å². The van der Waals surface area contributed by atoms with Crippen molar-refractivity contribution >= 4 is 23.2 Å². The summed E-state index contributed by atoms with van der Waals surface area (Å²) in [7, 11) is 0. The number of piperazine rings is 1. The van der Waals surface area contributed by atoms with Crippen LogP contribution in [0.2, 0.25) is 0 Å². The maximum Gasteiger partial charge on any atom is 0.279 e. The normalized spacial score (nSPS) is 14.5. The van der Waals surface area contributed by atoms with Gasteiger partial charge in [-0.1, -0.05) is 12.1 Å². The van der Waals surface area contributed by atoms with Gasteiger partial charge in [0.05, 0.1) is 31.1 Å². The van der Waals surface area contributed by atoms with Gasteiger partial charge in [0, 0.05) is 22.9 Å². The molecule has 1 saturated heterocycles. The van der Waals surface area contributed by atoms with Crippen molar-refractivity contribution in [2.75, 3.05) is 38.0 Å². The van der Waals surface area contributed by atoms with E-state index in [0.717, 1.165) is 4.90 Å². The number of halogens is 1. The van der Waals surface area contributed by atoms with Crippen molar-refractivity contribution in [1.82, 2.24) is 4.90 Å². The van der Waals surface area contributed by atoms with E-state index in [2.05, 4.69) is 5.32 Å². The van der Waals surface area contributed by atoms with E-state index >= 15 is 0 Å². The first-order chi connectivity index (χ1) is 13.8. The number of rotatable bonds is 5. The van der Waals surface area contributed by atoms with Crippen LogP contribution in [0.5, 0.6) is 0 Å². The number of nitrogens with zero attached hydrogens (tertiary/aromatic N) is 2. The molecule has 2 N–H and O–H groups in total. The number of anilines is 1. The molecule has 0 aliphatic carbocycles. The molecule has 8 nitrogen and oxygen atoms in total. The summed E-state index contributed by atoms with van der Waals surface area (Å²) < 4.78 is 13.2. The standard InChI is InChI=1S/C20H21FN4O4/c1-14-5-6-15(11-18(14)25(28)29)20(27)24-9-7-23(8-10-24)13-19(26)22-17-4-2-3-16(21)12-17/h2-6,11-12H,7-10,13H2,1H3,(H,22,26)/p+1. The minimum atomic E-state index is -0.495. The summed E-state index contributed by atoms with van der Waals surface area (Å²) in [6, 6.07) is 10.2. The van der Waals surface area contributed by atoms with E-state index in [1.54, 1.807) is 30.0 Å². The topological polar surface area (TPSA) is 97.0 Å². The summed E-state index contributed by atoms with van der Waals surface area (Å²) in [5, 5.41) is 13.8. The summed E-state index contributed by atoms with van der Waals surface area (Å²) in [5.41, 5.74) is 1.12. The van der Waals surface area contributed by atoms with Crippen LogP contribution in [0.3, 0.4) is 0 Å². The molecule has 1 heterocycles. The first-order valence-corrected chi connectivity index (χ1v) is 9.27. The minimum Gasteiger partial charge on any atom is -0.327 e. The molecule has 2 aromatic carbocycles. The lowest BCUT2D eigenvalue weighted by Gasteiger charge is -2.32. The minimum absolute atomic E-state index is 0.0749. The zero-order valence-corrected chi connectivity index (χ0v) is 16.0. The molecule has 152 valence electrons. The molecule has 2 amide bonds. The quantitative estimate of drug-likeness (QED) is 0.578. The number of carbonyl (C=O) groups is 2. The lowest BCUT2D eigenvalue weighted by molar-refractivity contribution is -0.895. The van der Waals surface area contributed by atoms with Crippen LogP contribution in [0.15, 0.2) is 42.5 Å². The SMILES string of the molecule is Cc1ccc(C(=O)N2CC[NH+](CC(=O)Nc3cccc(F)c3)CC2)cc1[N+](=O)[O-]. The highest BCUT2D eigenvalue weighted by atomic mass is 19.1. The predicted molar refractivity (Wildman–Crippen MR) is 104 cm³/mol. The molecule has 0 saturated carbocycles. The van der Waals surface area contributed by atoms with Gasteiger partial charge in [0.2, 0.25) is 0 Å². The highest BCUT2D eigenvalue weighted by Gasteiger charge is 2.27. The van der Waals surface area contributed by atoms with E-state index in [-0.39, 0.29) is 29.6 Å². The zero-order valence-electron chi connectivity index (χ0n) is 16.0. The fraction of sp³-hybridized carbons (Fsp3) is 0.300. The first kappa shape index (κ1) is 20.4. The Balaban J connectivity index is 1.53. The summed E-state index contributed by atoms with van der Waals surface area (Å²) >= 11 is 0. The van der Waals surface area contributed by atoms with E-state index < -0.39 is 10.7 Å². The Kier molecular flexibility index (Phi) is 6.18. The van der Waals surface area contributed by atoms with E-state index in [1.807, 2.05) is 0 Å². The molecule has 1 aliphatic heterocycles. The molecule has 29 heavy (non-hydrogen) atoms. The third kappa shape index (κ3) is 5.14. The van der Waals surface area contributed by atoms with Crippen molar-refractivity contribution < 1.29 is 23.8 Å². The van der Waals surface area contributed by atoms with Gasteiger partial charge < -0.3 is 15.1 Å². The van der Waals surface area contributed by atoms with E-state index in [9.17, 15) is 24.1 Å². The molecule has 0 unspecified atom stereocenters. The Bertz CT molecular complexity index is 942. The Labute approximate surface area is 167 Å². The second-order valence-electron chi connectivity index (χ2n) is 7.04. The number of nitro groups is 1. The summed E-state index contributed by atoms with van der Waals surface area (Å²) in [6.07, 6.45) is 0. The van der Waals surface area contributed by atoms with Crippen molar-refractivity contribution in [3.05, 3.63) is 69.5 Å². The number of nitro benzene ring substituents is 1. The lowest BCUT2D eigenvalue weighted by atomic mass is 10.1. The van der Waals surface area contributed by atoms with Crippen LogP contribution in [-0.2, 0) is 4.79 Å². The molecule has 3 rings (SSSR count). The van der Waals surface area contributed by atoms with Gasteiger partial charge >= 0.3 is 0 Å². The van der Waals surface area contributed by atoms with Gasteiger partial charge in [-0.15, -0.1) is 0 Å². The van der Waals surface area contributed by atoms with Gasteiger partial charge in [-0.25, -0.2) is 4.39 Å². The van der Waals surface area contributed by atoms with Crippen LogP contribution >= 0.6 is 0 Å². The van der Waals surface area contributed by atoms with Gasteiger partial charge in [0.25, 0.3) is 17.5 Å². The number of benzene rings is 2. The Morgan fingerprint density at radius 2 is 1.93 bits per heavy atom. The molecule has 2 aromatic rings. The maximum atomic E-state index is 13.2. The van der Waals surface area contributed by atoms with E-state index in [1.165, 1.54) is 24.3 Å². The number of aryl methyl sites for hydroxylation is 1. The summed E-state index contributed by atoms with van der Waals surface area (Å²) in [4.78, 5) is 38.1. The maximum absolute atomic E-state index is 13.2. The molecule has 0 aromatic heterocycles. The largest absolute Gasteiger partial charge is 0.327 e. The number of hydrogen-bond donors (Lipinski definition) is 2. The van der Waals surface area contributed by atoms with Crippen molar-refractivity contribution in [2.24, 2.45) is 0 Å². The summed E-state index contributed by atoms with van der Waals surface area (Å²) in [5.74, 6) is -0.894. The molecule has 1 fully saturated rings. The molecular formula is C20H22FN4O4+. The van der Waals surface area contributed by atoms with Crippen LogP contribution in [-0.4, -0.2) is 54.4 Å². The third-order valence-corrected chi connectivity index (χ3v) is 4.93. The smallest absolute Gasteiger partial charge is 0.279 e. The summed E-state index contributed by atoms with van der Waals surface area (Å²) in [6.45, 7) is 3.90. The van der Waals surface area contributed by atoms with Crippen LogP contribution < -0.4 is 10.2 Å². The van der Waals surface area contributed by atoms with Gasteiger partial charge in [0.15, 0.2) is 6.54 Å². The first-order valence-electron chi connectivity index (χ1n) is 9.27.